The second-order valence-corrected chi connectivity index (χ2v) is 15.9. The monoisotopic (exact) mass is 571 g/mol. The van der Waals surface area contributed by atoms with Crippen molar-refractivity contribution in [2.75, 3.05) is 0 Å². The SMILES string of the molecule is CCCC1CCC(C2CCC3CCCCC32)C1.CCCCCCCCCCCCCCCCC(C)C1CCCCC1. The first-order valence-electron chi connectivity index (χ1n) is 20.2. The summed E-state index contributed by atoms with van der Waals surface area (Å²) in [5, 5.41) is 0. The molecule has 0 aromatic heterocycles. The number of hydrogen-bond donors (Lipinski definition) is 0. The lowest BCUT2D eigenvalue weighted by atomic mass is 9.73. The predicted octanol–water partition coefficient (Wildman–Crippen LogP) is 14.5. The summed E-state index contributed by atoms with van der Waals surface area (Å²) in [5.41, 5.74) is 0. The molecule has 0 radical (unpaired) electrons. The van der Waals surface area contributed by atoms with Gasteiger partial charge in [-0.1, -0.05) is 188 Å². The first kappa shape index (κ1) is 35.5. The van der Waals surface area contributed by atoms with Gasteiger partial charge in [0.1, 0.15) is 0 Å². The van der Waals surface area contributed by atoms with Crippen molar-refractivity contribution in [2.45, 2.75) is 220 Å². The Morgan fingerprint density at radius 1 is 0.463 bits per heavy atom. The van der Waals surface area contributed by atoms with Crippen LogP contribution in [0.2, 0.25) is 0 Å². The molecule has 4 fully saturated rings. The van der Waals surface area contributed by atoms with Crippen LogP contribution in [0, 0.1) is 41.4 Å². The Morgan fingerprint density at radius 3 is 1.63 bits per heavy atom. The van der Waals surface area contributed by atoms with E-state index < -0.39 is 0 Å². The summed E-state index contributed by atoms with van der Waals surface area (Å²) >= 11 is 0. The van der Waals surface area contributed by atoms with E-state index in [0.717, 1.165) is 41.4 Å². The van der Waals surface area contributed by atoms with Crippen LogP contribution in [0.5, 0.6) is 0 Å². The molecule has 0 aromatic carbocycles. The van der Waals surface area contributed by atoms with Gasteiger partial charge in [0.25, 0.3) is 0 Å². The predicted molar refractivity (Wildman–Crippen MR) is 185 cm³/mol. The Morgan fingerprint density at radius 2 is 1.00 bits per heavy atom. The van der Waals surface area contributed by atoms with Gasteiger partial charge in [0, 0.05) is 0 Å². The van der Waals surface area contributed by atoms with Crippen molar-refractivity contribution in [1.82, 2.24) is 0 Å². The second-order valence-electron chi connectivity index (χ2n) is 15.9. The quantitative estimate of drug-likeness (QED) is 0.135. The van der Waals surface area contributed by atoms with E-state index in [4.69, 9.17) is 0 Å². The van der Waals surface area contributed by atoms with Crippen LogP contribution in [-0.2, 0) is 0 Å². The number of rotatable bonds is 19. The fraction of sp³-hybridized carbons (Fsp3) is 1.00. The maximum Gasteiger partial charge on any atom is -0.0355 e. The van der Waals surface area contributed by atoms with Crippen LogP contribution in [0.4, 0.5) is 0 Å². The molecule has 4 aliphatic carbocycles. The van der Waals surface area contributed by atoms with Gasteiger partial charge in [0.2, 0.25) is 0 Å². The molecule has 0 amide bonds. The van der Waals surface area contributed by atoms with Gasteiger partial charge in [-0.05, 0) is 73.5 Å². The molecular weight excluding hydrogens is 492 g/mol. The van der Waals surface area contributed by atoms with Gasteiger partial charge in [0.15, 0.2) is 0 Å². The molecule has 0 bridgehead atoms. The average Bonchev–Trinajstić information content (AvgIpc) is 3.65. The molecule has 4 aliphatic rings. The highest BCUT2D eigenvalue weighted by molar-refractivity contribution is 4.93. The van der Waals surface area contributed by atoms with E-state index >= 15 is 0 Å². The molecule has 4 rings (SSSR count). The molecule has 0 nitrogen and oxygen atoms in total. The first-order chi connectivity index (χ1) is 20.2. The van der Waals surface area contributed by atoms with Gasteiger partial charge in [0.05, 0.1) is 0 Å². The van der Waals surface area contributed by atoms with Gasteiger partial charge in [-0.25, -0.2) is 0 Å². The van der Waals surface area contributed by atoms with Gasteiger partial charge >= 0.3 is 0 Å². The lowest BCUT2D eigenvalue weighted by Gasteiger charge is -2.32. The maximum atomic E-state index is 2.53. The van der Waals surface area contributed by atoms with Crippen molar-refractivity contribution in [3.8, 4) is 0 Å². The Balaban J connectivity index is 0.000000237. The van der Waals surface area contributed by atoms with Crippen molar-refractivity contribution in [2.24, 2.45) is 41.4 Å². The zero-order valence-electron chi connectivity index (χ0n) is 29.0. The smallest absolute Gasteiger partial charge is 0.0355 e. The highest BCUT2D eigenvalue weighted by atomic mass is 14.5. The minimum Gasteiger partial charge on any atom is -0.0654 e. The average molecular weight is 571 g/mol. The Labute approximate surface area is 260 Å². The van der Waals surface area contributed by atoms with Crippen molar-refractivity contribution in [3.05, 3.63) is 0 Å². The molecule has 0 aliphatic heterocycles. The lowest BCUT2D eigenvalue weighted by Crippen LogP contribution is -2.23. The van der Waals surface area contributed by atoms with E-state index in [1.165, 1.54) is 148 Å². The fourth-order valence-electron chi connectivity index (χ4n) is 10.1. The number of unbranched alkanes of at least 4 members (excludes halogenated alkanes) is 13. The van der Waals surface area contributed by atoms with Crippen molar-refractivity contribution < 1.29 is 0 Å². The molecule has 6 unspecified atom stereocenters. The van der Waals surface area contributed by atoms with Crippen LogP contribution >= 0.6 is 0 Å². The molecular formula is C41H78. The molecule has 0 N–H and O–H groups in total. The second kappa shape index (κ2) is 22.5. The van der Waals surface area contributed by atoms with Crippen LogP contribution in [-0.4, -0.2) is 0 Å². The van der Waals surface area contributed by atoms with Crippen molar-refractivity contribution in [3.63, 3.8) is 0 Å². The van der Waals surface area contributed by atoms with Crippen LogP contribution in [0.3, 0.4) is 0 Å². The fourth-order valence-corrected chi connectivity index (χ4v) is 10.1. The van der Waals surface area contributed by atoms with Gasteiger partial charge in [-0.15, -0.1) is 0 Å². The van der Waals surface area contributed by atoms with Gasteiger partial charge < -0.3 is 0 Å². The number of hydrogen-bond acceptors (Lipinski definition) is 0. The third-order valence-electron chi connectivity index (χ3n) is 12.7. The van der Waals surface area contributed by atoms with Crippen molar-refractivity contribution >= 4 is 0 Å². The minimum atomic E-state index is 1.00. The zero-order valence-corrected chi connectivity index (χ0v) is 29.0. The Bertz CT molecular complexity index is 587. The summed E-state index contributed by atoms with van der Waals surface area (Å²) in [5.74, 6) is 7.78. The van der Waals surface area contributed by atoms with E-state index in [2.05, 4.69) is 20.8 Å². The van der Waals surface area contributed by atoms with Crippen LogP contribution < -0.4 is 0 Å². The first-order valence-corrected chi connectivity index (χ1v) is 20.2. The van der Waals surface area contributed by atoms with Gasteiger partial charge in [-0.3, -0.25) is 0 Å². The van der Waals surface area contributed by atoms with Crippen molar-refractivity contribution in [1.29, 1.82) is 0 Å². The van der Waals surface area contributed by atoms with E-state index in [0.29, 0.717) is 0 Å². The summed E-state index contributed by atoms with van der Waals surface area (Å²) in [7, 11) is 0. The minimum absolute atomic E-state index is 1.00. The lowest BCUT2D eigenvalue weighted by molar-refractivity contribution is 0.177. The van der Waals surface area contributed by atoms with E-state index in [9.17, 15) is 0 Å². The molecule has 0 heteroatoms. The molecule has 4 saturated carbocycles. The largest absolute Gasteiger partial charge is 0.0654 e. The third-order valence-corrected chi connectivity index (χ3v) is 12.7. The molecule has 0 heterocycles. The highest BCUT2D eigenvalue weighted by Crippen LogP contribution is 2.53. The van der Waals surface area contributed by atoms with E-state index in [-0.39, 0.29) is 0 Å². The van der Waals surface area contributed by atoms with Crippen LogP contribution in [0.1, 0.15) is 220 Å². The molecule has 0 spiro atoms. The van der Waals surface area contributed by atoms with E-state index in [1.807, 2.05) is 0 Å². The molecule has 242 valence electrons. The summed E-state index contributed by atoms with van der Waals surface area (Å²) in [4.78, 5) is 0. The van der Waals surface area contributed by atoms with Crippen LogP contribution in [0.15, 0.2) is 0 Å². The summed E-state index contributed by atoms with van der Waals surface area (Å²) < 4.78 is 0. The topological polar surface area (TPSA) is 0 Å². The summed E-state index contributed by atoms with van der Waals surface area (Å²) in [6.45, 7) is 7.19. The molecule has 6 atom stereocenters. The summed E-state index contributed by atoms with van der Waals surface area (Å²) in [6, 6.07) is 0. The van der Waals surface area contributed by atoms with E-state index in [1.54, 1.807) is 51.4 Å². The Kier molecular flexibility index (Phi) is 19.5. The van der Waals surface area contributed by atoms with Gasteiger partial charge in [-0.2, -0.15) is 0 Å². The normalized spacial score (nSPS) is 29.2. The Hall–Kier alpha value is 0. The number of fused-ring (bicyclic) bond motifs is 1. The highest BCUT2D eigenvalue weighted by Gasteiger charge is 2.42. The maximum absolute atomic E-state index is 2.53. The zero-order chi connectivity index (χ0) is 29.0. The summed E-state index contributed by atoms with van der Waals surface area (Å²) in [6.07, 6.45) is 46.9. The van der Waals surface area contributed by atoms with Crippen LogP contribution in [0.25, 0.3) is 0 Å². The molecule has 41 heavy (non-hydrogen) atoms. The standard InChI is InChI=1S/C24H48.C17H30/c1-3-4-5-6-7-8-9-10-11-12-13-14-15-17-20-23(2)24-21-18-16-19-22-24;1-2-5-13-8-9-15(12-13)17-11-10-14-6-3-4-7-16(14)17/h23-24H,3-22H2,1-2H3;13-17H,2-12H2,1H3. The molecule has 0 saturated heterocycles. The molecule has 0 aromatic rings. The third kappa shape index (κ3) is 14.1.